The van der Waals surface area contributed by atoms with Crippen LogP contribution < -0.4 is 0 Å². The lowest BCUT2D eigenvalue weighted by Crippen LogP contribution is -2.50. The van der Waals surface area contributed by atoms with E-state index >= 15 is 0 Å². The highest BCUT2D eigenvalue weighted by Crippen LogP contribution is 2.19. The van der Waals surface area contributed by atoms with Crippen LogP contribution in [0.5, 0.6) is 0 Å². The van der Waals surface area contributed by atoms with Crippen molar-refractivity contribution in [1.29, 1.82) is 0 Å². The first-order valence-electron chi connectivity index (χ1n) is 9.32. The van der Waals surface area contributed by atoms with Crippen molar-refractivity contribution < 1.29 is 13.2 Å². The van der Waals surface area contributed by atoms with Crippen molar-refractivity contribution in [2.75, 3.05) is 26.2 Å². The molecule has 0 aliphatic carbocycles. The highest BCUT2D eigenvalue weighted by molar-refractivity contribution is 7.89. The maximum absolute atomic E-state index is 13.0. The van der Waals surface area contributed by atoms with Crippen LogP contribution in [0, 0.1) is 0 Å². The van der Waals surface area contributed by atoms with Gasteiger partial charge in [0.05, 0.1) is 24.5 Å². The second kappa shape index (κ2) is 8.14. The Morgan fingerprint density at radius 1 is 0.966 bits per heavy atom. The lowest BCUT2D eigenvalue weighted by Gasteiger charge is -2.33. The molecule has 0 radical (unpaired) electrons. The average Bonchev–Trinajstić information content (AvgIpc) is 3.26. The van der Waals surface area contributed by atoms with Gasteiger partial charge in [-0.25, -0.2) is 13.1 Å². The highest BCUT2D eigenvalue weighted by atomic mass is 32.2. The molecule has 0 bridgehead atoms. The van der Waals surface area contributed by atoms with Crippen LogP contribution in [0.15, 0.2) is 72.0 Å². The number of rotatable bonds is 5. The molecule has 0 atom stereocenters. The molecule has 4 rings (SSSR count). The molecule has 8 nitrogen and oxygen atoms in total. The molecule has 1 fully saturated rings. The van der Waals surface area contributed by atoms with Crippen LogP contribution >= 0.6 is 0 Å². The lowest BCUT2D eigenvalue weighted by atomic mass is 10.2. The zero-order valence-corrected chi connectivity index (χ0v) is 16.6. The van der Waals surface area contributed by atoms with E-state index in [9.17, 15) is 13.2 Å². The van der Waals surface area contributed by atoms with Crippen LogP contribution in [0.3, 0.4) is 0 Å². The number of piperazine rings is 1. The summed E-state index contributed by atoms with van der Waals surface area (Å²) in [5, 5.41) is 4.18. The number of hydrogen-bond donors (Lipinski definition) is 0. The first-order valence-corrected chi connectivity index (χ1v) is 10.8. The molecule has 0 N–H and O–H groups in total. The van der Waals surface area contributed by atoms with Crippen LogP contribution in [0.1, 0.15) is 5.69 Å². The van der Waals surface area contributed by atoms with E-state index in [0.717, 1.165) is 5.69 Å². The molecule has 1 aliphatic rings. The van der Waals surface area contributed by atoms with Gasteiger partial charge in [-0.15, -0.1) is 0 Å². The third-order valence-corrected chi connectivity index (χ3v) is 6.72. The first kappa shape index (κ1) is 19.3. The minimum Gasteiger partial charge on any atom is -0.340 e. The number of para-hydroxylation sites is 1. The minimum atomic E-state index is -3.66. The molecule has 1 amide bonds. The van der Waals surface area contributed by atoms with Crippen molar-refractivity contribution in [1.82, 2.24) is 24.0 Å². The topological polar surface area (TPSA) is 88.4 Å². The Balaban J connectivity index is 1.40. The van der Waals surface area contributed by atoms with Crippen LogP contribution in [0.4, 0.5) is 0 Å². The highest BCUT2D eigenvalue weighted by Gasteiger charge is 2.31. The van der Waals surface area contributed by atoms with E-state index in [1.807, 2.05) is 42.5 Å². The Kier molecular flexibility index (Phi) is 5.41. The van der Waals surface area contributed by atoms with E-state index in [4.69, 9.17) is 0 Å². The van der Waals surface area contributed by atoms with E-state index < -0.39 is 10.0 Å². The molecule has 0 saturated carbocycles. The molecule has 0 spiro atoms. The van der Waals surface area contributed by atoms with Gasteiger partial charge in [0.1, 0.15) is 4.90 Å². The monoisotopic (exact) mass is 411 g/mol. The number of hydrogen-bond acceptors (Lipinski definition) is 5. The fraction of sp³-hybridized carbons (Fsp3) is 0.250. The number of pyridine rings is 1. The first-order chi connectivity index (χ1) is 14.0. The van der Waals surface area contributed by atoms with Crippen LogP contribution in [-0.2, 0) is 21.2 Å². The Morgan fingerprint density at radius 3 is 2.38 bits per heavy atom. The summed E-state index contributed by atoms with van der Waals surface area (Å²) in [6.07, 6.45) is 4.75. The van der Waals surface area contributed by atoms with E-state index in [2.05, 4.69) is 10.1 Å². The zero-order valence-electron chi connectivity index (χ0n) is 15.8. The molecule has 3 heterocycles. The van der Waals surface area contributed by atoms with Gasteiger partial charge in [-0.3, -0.25) is 9.78 Å². The van der Waals surface area contributed by atoms with Crippen LogP contribution in [0.25, 0.3) is 5.69 Å². The Morgan fingerprint density at radius 2 is 1.69 bits per heavy atom. The van der Waals surface area contributed by atoms with Crippen LogP contribution in [-0.4, -0.2) is 64.5 Å². The standard InChI is InChI=1S/C20H21N5O3S/c26-20(14-17-6-4-5-9-21-17)23-10-12-24(13-11-23)29(27,28)19-15-22-25(16-19)18-7-2-1-3-8-18/h1-9,15-16H,10-14H2. The lowest BCUT2D eigenvalue weighted by molar-refractivity contribution is -0.131. The number of benzene rings is 1. The molecule has 3 aromatic rings. The van der Waals surface area contributed by atoms with Gasteiger partial charge in [-0.1, -0.05) is 24.3 Å². The van der Waals surface area contributed by atoms with E-state index in [1.54, 1.807) is 21.8 Å². The Bertz CT molecular complexity index is 1080. The second-order valence-corrected chi connectivity index (χ2v) is 8.68. The quantitative estimate of drug-likeness (QED) is 0.632. The summed E-state index contributed by atoms with van der Waals surface area (Å²) in [4.78, 5) is 18.5. The van der Waals surface area contributed by atoms with Crippen molar-refractivity contribution in [2.24, 2.45) is 0 Å². The number of carbonyl (C=O) groups is 1. The predicted molar refractivity (Wildman–Crippen MR) is 107 cm³/mol. The molecule has 1 aliphatic heterocycles. The molecule has 0 unspecified atom stereocenters. The fourth-order valence-corrected chi connectivity index (χ4v) is 4.61. The third kappa shape index (κ3) is 4.20. The maximum atomic E-state index is 13.0. The normalized spacial score (nSPS) is 15.4. The number of carbonyl (C=O) groups excluding carboxylic acids is 1. The van der Waals surface area contributed by atoms with Gasteiger partial charge in [-0.05, 0) is 24.3 Å². The van der Waals surface area contributed by atoms with Crippen molar-refractivity contribution in [3.05, 3.63) is 72.8 Å². The van der Waals surface area contributed by atoms with Crippen molar-refractivity contribution in [2.45, 2.75) is 11.3 Å². The molecular weight excluding hydrogens is 390 g/mol. The largest absolute Gasteiger partial charge is 0.340 e. The van der Waals surface area contributed by atoms with E-state index in [-0.39, 0.29) is 30.3 Å². The number of nitrogens with zero attached hydrogens (tertiary/aromatic N) is 5. The molecule has 9 heteroatoms. The second-order valence-electron chi connectivity index (χ2n) is 6.74. The van der Waals surface area contributed by atoms with Gasteiger partial charge in [0, 0.05) is 38.1 Å². The average molecular weight is 411 g/mol. The summed E-state index contributed by atoms with van der Waals surface area (Å²) in [5.74, 6) is -0.0438. The molecule has 1 aromatic carbocycles. The molecular formula is C20H21N5O3S. The van der Waals surface area contributed by atoms with Crippen molar-refractivity contribution in [3.63, 3.8) is 0 Å². The number of amides is 1. The summed E-state index contributed by atoms with van der Waals surface area (Å²) in [6.45, 7) is 1.23. The Hall–Kier alpha value is -3.04. The number of sulfonamides is 1. The van der Waals surface area contributed by atoms with Crippen LogP contribution in [0.2, 0.25) is 0 Å². The fourth-order valence-electron chi connectivity index (χ4n) is 3.26. The molecule has 29 heavy (non-hydrogen) atoms. The third-order valence-electron chi connectivity index (χ3n) is 4.87. The SMILES string of the molecule is O=C(Cc1ccccn1)N1CCN(S(=O)(=O)c2cnn(-c3ccccc3)c2)CC1. The molecule has 150 valence electrons. The summed E-state index contributed by atoms with van der Waals surface area (Å²) >= 11 is 0. The Labute approximate surface area is 169 Å². The van der Waals surface area contributed by atoms with Gasteiger partial charge in [0.2, 0.25) is 15.9 Å². The van der Waals surface area contributed by atoms with Gasteiger partial charge >= 0.3 is 0 Å². The van der Waals surface area contributed by atoms with Gasteiger partial charge in [0.25, 0.3) is 0 Å². The minimum absolute atomic E-state index is 0.0438. The zero-order chi connectivity index (χ0) is 20.3. The summed E-state index contributed by atoms with van der Waals surface area (Å²) < 4.78 is 28.9. The van der Waals surface area contributed by atoms with E-state index in [0.29, 0.717) is 18.8 Å². The van der Waals surface area contributed by atoms with Crippen molar-refractivity contribution >= 4 is 15.9 Å². The van der Waals surface area contributed by atoms with Crippen molar-refractivity contribution in [3.8, 4) is 5.69 Å². The summed E-state index contributed by atoms with van der Waals surface area (Å²) in [6, 6.07) is 14.8. The molecule has 2 aromatic heterocycles. The van der Waals surface area contributed by atoms with Gasteiger partial charge < -0.3 is 4.90 Å². The van der Waals surface area contributed by atoms with E-state index in [1.165, 1.54) is 16.7 Å². The summed E-state index contributed by atoms with van der Waals surface area (Å²) in [5.41, 5.74) is 1.50. The smallest absolute Gasteiger partial charge is 0.246 e. The van der Waals surface area contributed by atoms with Gasteiger partial charge in [0.15, 0.2) is 0 Å². The van der Waals surface area contributed by atoms with Gasteiger partial charge in [-0.2, -0.15) is 9.40 Å². The number of aromatic nitrogens is 3. The molecule has 1 saturated heterocycles. The maximum Gasteiger partial charge on any atom is 0.246 e. The summed E-state index contributed by atoms with van der Waals surface area (Å²) in [7, 11) is -3.66. The predicted octanol–water partition coefficient (Wildman–Crippen LogP) is 1.34.